The number of hydrogen-bond acceptors (Lipinski definition) is 3. The third-order valence-corrected chi connectivity index (χ3v) is 3.02. The number of hydrogen-bond donors (Lipinski definition) is 2. The van der Waals surface area contributed by atoms with E-state index in [1.807, 2.05) is 36.4 Å². The summed E-state index contributed by atoms with van der Waals surface area (Å²) >= 11 is 0. The molecule has 2 rings (SSSR count). The normalized spacial score (nSPS) is 14.0. The fourth-order valence-electron chi connectivity index (χ4n) is 2.03. The van der Waals surface area contributed by atoms with Crippen LogP contribution in [-0.2, 0) is 4.79 Å². The number of nitrogens with one attached hydrogen (secondary N) is 1. The van der Waals surface area contributed by atoms with Crippen LogP contribution in [0.2, 0.25) is 0 Å². The molecule has 0 spiro atoms. The highest BCUT2D eigenvalue weighted by atomic mass is 16.5. The molecule has 0 saturated carbocycles. The Morgan fingerprint density at radius 3 is 2.71 bits per heavy atom. The van der Waals surface area contributed by atoms with Gasteiger partial charge in [0.05, 0.1) is 0 Å². The van der Waals surface area contributed by atoms with Crippen LogP contribution in [0.5, 0.6) is 5.75 Å². The summed E-state index contributed by atoms with van der Waals surface area (Å²) in [6, 6.07) is 7.28. The van der Waals surface area contributed by atoms with E-state index in [-0.39, 0.29) is 5.91 Å². The third-order valence-electron chi connectivity index (χ3n) is 3.02. The van der Waals surface area contributed by atoms with Crippen LogP contribution in [0, 0.1) is 0 Å². The summed E-state index contributed by atoms with van der Waals surface area (Å²) < 4.78 is 5.81. The van der Waals surface area contributed by atoms with Gasteiger partial charge in [0, 0.05) is 12.6 Å². The van der Waals surface area contributed by atoms with Crippen LogP contribution >= 0.6 is 0 Å². The molecule has 3 N–H and O–H groups in total. The standard InChI is InChI=1S/C17H20N2O2/c1-13(20)19-15-6-9-17(10-7-15)21-16-4-2-3-14(5-8-16)11-12-18/h2,4-10H,3,11-12,18H2,1H3,(H,19,20). The molecule has 4 nitrogen and oxygen atoms in total. The molecule has 0 atom stereocenters. The van der Waals surface area contributed by atoms with Gasteiger partial charge in [-0.1, -0.05) is 17.7 Å². The van der Waals surface area contributed by atoms with Crippen LogP contribution in [0.4, 0.5) is 5.69 Å². The molecule has 0 saturated heterocycles. The smallest absolute Gasteiger partial charge is 0.221 e. The maximum atomic E-state index is 11.0. The fraction of sp³-hybridized carbons (Fsp3) is 0.235. The van der Waals surface area contributed by atoms with Crippen molar-refractivity contribution in [3.05, 3.63) is 59.9 Å². The Morgan fingerprint density at radius 1 is 1.29 bits per heavy atom. The Bertz CT molecular complexity index is 583. The zero-order valence-electron chi connectivity index (χ0n) is 12.1. The van der Waals surface area contributed by atoms with Gasteiger partial charge in [-0.05, 0) is 55.8 Å². The van der Waals surface area contributed by atoms with Crippen LogP contribution < -0.4 is 15.8 Å². The summed E-state index contributed by atoms with van der Waals surface area (Å²) in [7, 11) is 0. The summed E-state index contributed by atoms with van der Waals surface area (Å²) in [5.41, 5.74) is 7.62. The first-order valence-corrected chi connectivity index (χ1v) is 6.99. The van der Waals surface area contributed by atoms with Crippen LogP contribution in [0.1, 0.15) is 19.8 Å². The molecule has 0 aliphatic heterocycles. The van der Waals surface area contributed by atoms with Crippen molar-refractivity contribution in [3.63, 3.8) is 0 Å². The number of carbonyl (C=O) groups excluding carboxylic acids is 1. The van der Waals surface area contributed by atoms with Crippen LogP contribution in [0.15, 0.2) is 59.9 Å². The number of rotatable bonds is 5. The van der Waals surface area contributed by atoms with Crippen molar-refractivity contribution in [2.24, 2.45) is 5.73 Å². The van der Waals surface area contributed by atoms with E-state index in [1.54, 1.807) is 0 Å². The molecule has 1 aliphatic carbocycles. The summed E-state index contributed by atoms with van der Waals surface area (Å²) in [6.45, 7) is 2.14. The van der Waals surface area contributed by atoms with Gasteiger partial charge < -0.3 is 15.8 Å². The number of allylic oxidation sites excluding steroid dienone is 4. The van der Waals surface area contributed by atoms with E-state index in [2.05, 4.69) is 17.5 Å². The van der Waals surface area contributed by atoms with Crippen molar-refractivity contribution in [2.45, 2.75) is 19.8 Å². The predicted molar refractivity (Wildman–Crippen MR) is 85.0 cm³/mol. The second kappa shape index (κ2) is 7.45. The van der Waals surface area contributed by atoms with Crippen molar-refractivity contribution in [1.29, 1.82) is 0 Å². The average Bonchev–Trinajstić information content (AvgIpc) is 2.67. The zero-order chi connectivity index (χ0) is 15.1. The quantitative estimate of drug-likeness (QED) is 0.873. The summed E-state index contributed by atoms with van der Waals surface area (Å²) in [5, 5.41) is 2.72. The Labute approximate surface area is 125 Å². The lowest BCUT2D eigenvalue weighted by Crippen LogP contribution is -2.05. The van der Waals surface area contributed by atoms with E-state index in [0.29, 0.717) is 6.54 Å². The number of anilines is 1. The lowest BCUT2D eigenvalue weighted by atomic mass is 10.1. The Balaban J connectivity index is 2.02. The number of amides is 1. The molecule has 0 radical (unpaired) electrons. The van der Waals surface area contributed by atoms with Crippen molar-refractivity contribution >= 4 is 11.6 Å². The molecule has 0 bridgehead atoms. The monoisotopic (exact) mass is 284 g/mol. The van der Waals surface area contributed by atoms with Gasteiger partial charge in [0.25, 0.3) is 0 Å². The van der Waals surface area contributed by atoms with E-state index in [0.717, 1.165) is 30.0 Å². The fourth-order valence-corrected chi connectivity index (χ4v) is 2.03. The van der Waals surface area contributed by atoms with E-state index >= 15 is 0 Å². The van der Waals surface area contributed by atoms with E-state index in [4.69, 9.17) is 10.5 Å². The molecule has 110 valence electrons. The molecule has 21 heavy (non-hydrogen) atoms. The highest BCUT2D eigenvalue weighted by Crippen LogP contribution is 2.20. The minimum atomic E-state index is -0.0874. The van der Waals surface area contributed by atoms with Crippen molar-refractivity contribution in [2.75, 3.05) is 11.9 Å². The molecule has 1 aromatic carbocycles. The van der Waals surface area contributed by atoms with Crippen molar-refractivity contribution < 1.29 is 9.53 Å². The molecule has 4 heteroatoms. The second-order valence-electron chi connectivity index (χ2n) is 4.85. The van der Waals surface area contributed by atoms with Gasteiger partial charge in [0.15, 0.2) is 0 Å². The molecule has 0 aromatic heterocycles. The largest absolute Gasteiger partial charge is 0.457 e. The molecular formula is C17H20N2O2. The van der Waals surface area contributed by atoms with Gasteiger partial charge in [0.2, 0.25) is 5.91 Å². The van der Waals surface area contributed by atoms with E-state index in [9.17, 15) is 4.79 Å². The van der Waals surface area contributed by atoms with Gasteiger partial charge >= 0.3 is 0 Å². The Morgan fingerprint density at radius 2 is 2.05 bits per heavy atom. The van der Waals surface area contributed by atoms with E-state index in [1.165, 1.54) is 12.5 Å². The molecule has 0 fully saturated rings. The predicted octanol–water partition coefficient (Wildman–Crippen LogP) is 3.14. The highest BCUT2D eigenvalue weighted by molar-refractivity contribution is 5.88. The first-order valence-electron chi connectivity index (χ1n) is 6.99. The second-order valence-corrected chi connectivity index (χ2v) is 4.85. The molecule has 1 aliphatic rings. The van der Waals surface area contributed by atoms with Gasteiger partial charge in [-0.3, -0.25) is 4.79 Å². The summed E-state index contributed by atoms with van der Waals surface area (Å²) in [4.78, 5) is 11.0. The number of ether oxygens (including phenoxy) is 1. The molecule has 0 heterocycles. The third kappa shape index (κ3) is 4.93. The number of benzene rings is 1. The molecule has 1 aromatic rings. The van der Waals surface area contributed by atoms with Crippen LogP contribution in [0.3, 0.4) is 0 Å². The topological polar surface area (TPSA) is 64.3 Å². The zero-order valence-corrected chi connectivity index (χ0v) is 12.1. The maximum Gasteiger partial charge on any atom is 0.221 e. The van der Waals surface area contributed by atoms with Gasteiger partial charge in [-0.25, -0.2) is 0 Å². The molecular weight excluding hydrogens is 264 g/mol. The Kier molecular flexibility index (Phi) is 5.35. The molecule has 0 unspecified atom stereocenters. The first-order chi connectivity index (χ1) is 10.2. The minimum Gasteiger partial charge on any atom is -0.457 e. The Hall–Kier alpha value is -2.33. The lowest BCUT2D eigenvalue weighted by Gasteiger charge is -2.07. The minimum absolute atomic E-state index is 0.0874. The summed E-state index contributed by atoms with van der Waals surface area (Å²) in [5.74, 6) is 1.43. The van der Waals surface area contributed by atoms with Gasteiger partial charge in [0.1, 0.15) is 11.5 Å². The molecule has 1 amide bonds. The number of nitrogens with two attached hydrogens (primary N) is 1. The van der Waals surface area contributed by atoms with Crippen molar-refractivity contribution in [1.82, 2.24) is 0 Å². The van der Waals surface area contributed by atoms with Gasteiger partial charge in [-0.2, -0.15) is 0 Å². The highest BCUT2D eigenvalue weighted by Gasteiger charge is 2.02. The lowest BCUT2D eigenvalue weighted by molar-refractivity contribution is -0.114. The summed E-state index contributed by atoms with van der Waals surface area (Å²) in [6.07, 6.45) is 9.86. The van der Waals surface area contributed by atoms with E-state index < -0.39 is 0 Å². The number of carbonyl (C=O) groups is 1. The first kappa shape index (κ1) is 15.1. The maximum absolute atomic E-state index is 11.0. The van der Waals surface area contributed by atoms with Crippen LogP contribution in [-0.4, -0.2) is 12.5 Å². The average molecular weight is 284 g/mol. The SMILES string of the molecule is CC(=O)Nc1ccc(OC2=CC=C(CCN)CC=C2)cc1. The van der Waals surface area contributed by atoms with Crippen molar-refractivity contribution in [3.8, 4) is 5.75 Å². The van der Waals surface area contributed by atoms with Crippen LogP contribution in [0.25, 0.3) is 0 Å². The van der Waals surface area contributed by atoms with Gasteiger partial charge in [-0.15, -0.1) is 0 Å².